The maximum Gasteiger partial charge on any atom is 0.335 e. The molecule has 1 aromatic rings. The Kier molecular flexibility index (Phi) is 2.73. The molecule has 0 spiro atoms. The zero-order valence-electron chi connectivity index (χ0n) is 9.31. The van der Waals surface area contributed by atoms with Crippen LogP contribution in [0.15, 0.2) is 18.2 Å². The molecule has 86 valence electrons. The van der Waals surface area contributed by atoms with E-state index in [-0.39, 0.29) is 0 Å². The van der Waals surface area contributed by atoms with E-state index in [2.05, 4.69) is 11.8 Å². The number of nitrogen functional groups attached to an aromatic ring is 1. The molecule has 3 N–H and O–H groups in total. The Morgan fingerprint density at radius 3 is 2.88 bits per heavy atom. The molecule has 1 aliphatic heterocycles. The third-order valence-corrected chi connectivity index (χ3v) is 3.14. The number of hydrogen-bond acceptors (Lipinski definition) is 3. The van der Waals surface area contributed by atoms with Gasteiger partial charge in [0.05, 0.1) is 16.9 Å². The molecule has 0 saturated carbocycles. The molecule has 0 aromatic heterocycles. The van der Waals surface area contributed by atoms with E-state index in [9.17, 15) is 4.79 Å². The van der Waals surface area contributed by atoms with Crippen LogP contribution in [-0.4, -0.2) is 23.7 Å². The quantitative estimate of drug-likeness (QED) is 0.748. The van der Waals surface area contributed by atoms with Crippen molar-refractivity contribution in [3.05, 3.63) is 23.8 Å². The molecule has 4 heteroatoms. The second kappa shape index (κ2) is 4.04. The Bertz CT molecular complexity index is 417. The zero-order valence-corrected chi connectivity index (χ0v) is 9.31. The van der Waals surface area contributed by atoms with Gasteiger partial charge in [-0.15, -0.1) is 0 Å². The van der Waals surface area contributed by atoms with Gasteiger partial charge in [-0.3, -0.25) is 0 Å². The fraction of sp³-hybridized carbons (Fsp3) is 0.417. The van der Waals surface area contributed by atoms with Gasteiger partial charge >= 0.3 is 5.97 Å². The lowest BCUT2D eigenvalue weighted by Gasteiger charge is -2.25. The van der Waals surface area contributed by atoms with Crippen molar-refractivity contribution >= 4 is 17.3 Å². The van der Waals surface area contributed by atoms with Crippen molar-refractivity contribution in [3.8, 4) is 0 Å². The molecule has 1 heterocycles. The number of aromatic carboxylic acids is 1. The van der Waals surface area contributed by atoms with Crippen LogP contribution >= 0.6 is 0 Å². The van der Waals surface area contributed by atoms with Gasteiger partial charge in [0, 0.05) is 12.6 Å². The molecule has 0 aliphatic carbocycles. The maximum atomic E-state index is 10.9. The molecule has 1 unspecified atom stereocenters. The third kappa shape index (κ3) is 1.83. The average molecular weight is 220 g/mol. The first-order chi connectivity index (χ1) is 7.59. The monoisotopic (exact) mass is 220 g/mol. The molecule has 1 saturated heterocycles. The van der Waals surface area contributed by atoms with E-state index in [1.807, 2.05) is 0 Å². The Hall–Kier alpha value is -1.71. The summed E-state index contributed by atoms with van der Waals surface area (Å²) in [6.07, 6.45) is 2.27. The first kappa shape index (κ1) is 10.8. The molecule has 0 bridgehead atoms. The summed E-state index contributed by atoms with van der Waals surface area (Å²) in [6, 6.07) is 5.32. The standard InChI is InChI=1S/C12H16N2O2/c1-8-3-2-6-14(8)11-7-9(12(15)16)4-5-10(11)13/h4-5,7-8H,2-3,6,13H2,1H3,(H,15,16). The van der Waals surface area contributed by atoms with Crippen LogP contribution in [-0.2, 0) is 0 Å². The van der Waals surface area contributed by atoms with E-state index in [1.165, 1.54) is 0 Å². The van der Waals surface area contributed by atoms with E-state index >= 15 is 0 Å². The largest absolute Gasteiger partial charge is 0.478 e. The highest BCUT2D eigenvalue weighted by molar-refractivity contribution is 5.90. The summed E-state index contributed by atoms with van der Waals surface area (Å²) in [4.78, 5) is 13.1. The average Bonchev–Trinajstić information content (AvgIpc) is 2.65. The summed E-state index contributed by atoms with van der Waals surface area (Å²) >= 11 is 0. The van der Waals surface area contributed by atoms with Gasteiger partial charge in [-0.05, 0) is 38.0 Å². The number of nitrogens with two attached hydrogens (primary N) is 1. The van der Waals surface area contributed by atoms with Crippen molar-refractivity contribution in [2.75, 3.05) is 17.2 Å². The lowest BCUT2D eigenvalue weighted by molar-refractivity contribution is 0.0697. The summed E-state index contributed by atoms with van der Waals surface area (Å²) in [7, 11) is 0. The van der Waals surface area contributed by atoms with E-state index in [0.29, 0.717) is 17.3 Å². The van der Waals surface area contributed by atoms with E-state index in [4.69, 9.17) is 10.8 Å². The zero-order chi connectivity index (χ0) is 11.7. The van der Waals surface area contributed by atoms with Crippen LogP contribution in [0.4, 0.5) is 11.4 Å². The van der Waals surface area contributed by atoms with Gasteiger partial charge in [-0.1, -0.05) is 0 Å². The normalized spacial score (nSPS) is 20.1. The number of rotatable bonds is 2. The summed E-state index contributed by atoms with van der Waals surface area (Å²) in [5.74, 6) is -0.909. The molecule has 4 nitrogen and oxygen atoms in total. The highest BCUT2D eigenvalue weighted by Gasteiger charge is 2.22. The van der Waals surface area contributed by atoms with Crippen LogP contribution in [0.3, 0.4) is 0 Å². The maximum absolute atomic E-state index is 10.9. The number of carboxylic acid groups (broad SMARTS) is 1. The molecular formula is C12H16N2O2. The molecule has 1 fully saturated rings. The van der Waals surface area contributed by atoms with Gasteiger partial charge in [0.2, 0.25) is 0 Å². The van der Waals surface area contributed by atoms with Gasteiger partial charge in [0.1, 0.15) is 0 Å². The summed E-state index contributed by atoms with van der Waals surface area (Å²) in [5.41, 5.74) is 7.70. The van der Waals surface area contributed by atoms with Crippen molar-refractivity contribution in [1.29, 1.82) is 0 Å². The minimum atomic E-state index is -0.909. The summed E-state index contributed by atoms with van der Waals surface area (Å²) in [6.45, 7) is 3.09. The van der Waals surface area contributed by atoms with E-state index in [1.54, 1.807) is 18.2 Å². The van der Waals surface area contributed by atoms with Crippen LogP contribution in [0.1, 0.15) is 30.1 Å². The Morgan fingerprint density at radius 2 is 2.31 bits per heavy atom. The number of nitrogens with zero attached hydrogens (tertiary/aromatic N) is 1. The van der Waals surface area contributed by atoms with Crippen molar-refractivity contribution in [2.24, 2.45) is 0 Å². The SMILES string of the molecule is CC1CCCN1c1cc(C(=O)O)ccc1N. The fourth-order valence-corrected chi connectivity index (χ4v) is 2.22. The Morgan fingerprint density at radius 1 is 1.56 bits per heavy atom. The van der Waals surface area contributed by atoms with Crippen molar-refractivity contribution < 1.29 is 9.90 Å². The smallest absolute Gasteiger partial charge is 0.335 e. The molecule has 2 rings (SSSR count). The fourth-order valence-electron chi connectivity index (χ4n) is 2.22. The second-order valence-corrected chi connectivity index (χ2v) is 4.26. The van der Waals surface area contributed by atoms with Gasteiger partial charge in [0.25, 0.3) is 0 Å². The second-order valence-electron chi connectivity index (χ2n) is 4.26. The molecule has 1 aromatic carbocycles. The molecule has 1 atom stereocenters. The number of anilines is 2. The van der Waals surface area contributed by atoms with Crippen LogP contribution in [0, 0.1) is 0 Å². The highest BCUT2D eigenvalue weighted by Crippen LogP contribution is 2.31. The lowest BCUT2D eigenvalue weighted by Crippen LogP contribution is -2.27. The highest BCUT2D eigenvalue weighted by atomic mass is 16.4. The van der Waals surface area contributed by atoms with Crippen molar-refractivity contribution in [1.82, 2.24) is 0 Å². The number of carboxylic acids is 1. The lowest BCUT2D eigenvalue weighted by atomic mass is 10.1. The van der Waals surface area contributed by atoms with Crippen molar-refractivity contribution in [2.45, 2.75) is 25.8 Å². The third-order valence-electron chi connectivity index (χ3n) is 3.14. The summed E-state index contributed by atoms with van der Waals surface area (Å²) in [5, 5.41) is 8.95. The van der Waals surface area contributed by atoms with Crippen LogP contribution in [0.2, 0.25) is 0 Å². The first-order valence-corrected chi connectivity index (χ1v) is 5.49. The molecule has 0 radical (unpaired) electrons. The summed E-state index contributed by atoms with van der Waals surface area (Å²) < 4.78 is 0. The number of hydrogen-bond donors (Lipinski definition) is 2. The number of benzene rings is 1. The topological polar surface area (TPSA) is 66.6 Å². The van der Waals surface area contributed by atoms with Gasteiger partial charge in [0.15, 0.2) is 0 Å². The first-order valence-electron chi connectivity index (χ1n) is 5.49. The van der Waals surface area contributed by atoms with Crippen LogP contribution in [0.25, 0.3) is 0 Å². The molecule has 0 amide bonds. The molecule has 1 aliphatic rings. The van der Waals surface area contributed by atoms with Gasteiger partial charge < -0.3 is 15.7 Å². The van der Waals surface area contributed by atoms with Crippen LogP contribution in [0.5, 0.6) is 0 Å². The van der Waals surface area contributed by atoms with Crippen LogP contribution < -0.4 is 10.6 Å². The van der Waals surface area contributed by atoms with Gasteiger partial charge in [-0.2, -0.15) is 0 Å². The molecule has 16 heavy (non-hydrogen) atoms. The minimum absolute atomic E-state index is 0.295. The van der Waals surface area contributed by atoms with E-state index < -0.39 is 5.97 Å². The minimum Gasteiger partial charge on any atom is -0.478 e. The Labute approximate surface area is 94.7 Å². The number of carbonyl (C=O) groups is 1. The van der Waals surface area contributed by atoms with Gasteiger partial charge in [-0.25, -0.2) is 4.79 Å². The Balaban J connectivity index is 2.38. The van der Waals surface area contributed by atoms with E-state index in [0.717, 1.165) is 25.1 Å². The predicted molar refractivity (Wildman–Crippen MR) is 63.9 cm³/mol. The van der Waals surface area contributed by atoms with Crippen molar-refractivity contribution in [3.63, 3.8) is 0 Å². The molecular weight excluding hydrogens is 204 g/mol. The predicted octanol–water partition coefficient (Wildman–Crippen LogP) is 1.96.